The van der Waals surface area contributed by atoms with E-state index < -0.39 is 0 Å². The molecule has 1 atom stereocenters. The van der Waals surface area contributed by atoms with Crippen LogP contribution in [0, 0.1) is 0 Å². The van der Waals surface area contributed by atoms with E-state index in [2.05, 4.69) is 22.1 Å². The Labute approximate surface area is 177 Å². The van der Waals surface area contributed by atoms with E-state index in [1.807, 2.05) is 30.3 Å². The van der Waals surface area contributed by atoms with Crippen LogP contribution in [0.4, 0.5) is 0 Å². The lowest BCUT2D eigenvalue weighted by atomic mass is 10.2. The van der Waals surface area contributed by atoms with Crippen molar-refractivity contribution in [3.63, 3.8) is 0 Å². The third-order valence-electron chi connectivity index (χ3n) is 5.46. The van der Waals surface area contributed by atoms with E-state index in [1.165, 1.54) is 0 Å². The summed E-state index contributed by atoms with van der Waals surface area (Å²) < 4.78 is 6.71. The van der Waals surface area contributed by atoms with Crippen molar-refractivity contribution in [2.24, 2.45) is 0 Å². The fraction of sp³-hybridized carbons (Fsp3) is 0.545. The molecule has 0 bridgehead atoms. The van der Waals surface area contributed by atoms with Gasteiger partial charge in [0.15, 0.2) is 5.69 Å². The van der Waals surface area contributed by atoms with Crippen molar-refractivity contribution in [2.45, 2.75) is 45.7 Å². The normalized spacial score (nSPS) is 16.5. The predicted molar refractivity (Wildman–Crippen MR) is 113 cm³/mol. The van der Waals surface area contributed by atoms with E-state index in [0.717, 1.165) is 31.5 Å². The first-order chi connectivity index (χ1) is 14.6. The van der Waals surface area contributed by atoms with E-state index in [9.17, 15) is 9.59 Å². The molecule has 1 aromatic carbocycles. The van der Waals surface area contributed by atoms with Crippen molar-refractivity contribution in [1.82, 2.24) is 24.8 Å². The molecular weight excluding hydrogens is 382 g/mol. The number of likely N-dealkylation sites (tertiary alicyclic amines) is 1. The zero-order valence-electron chi connectivity index (χ0n) is 17.9. The number of rotatable bonds is 10. The van der Waals surface area contributed by atoms with Gasteiger partial charge in [-0.1, -0.05) is 42.5 Å². The van der Waals surface area contributed by atoms with Gasteiger partial charge < -0.3 is 9.64 Å². The monoisotopic (exact) mass is 413 g/mol. The fourth-order valence-electron chi connectivity index (χ4n) is 3.91. The molecule has 1 aliphatic heterocycles. The second-order valence-electron chi connectivity index (χ2n) is 7.52. The highest BCUT2D eigenvalue weighted by Gasteiger charge is 2.29. The van der Waals surface area contributed by atoms with Gasteiger partial charge in [0.1, 0.15) is 0 Å². The van der Waals surface area contributed by atoms with E-state index in [4.69, 9.17) is 4.74 Å². The van der Waals surface area contributed by atoms with Crippen LogP contribution in [0.25, 0.3) is 0 Å². The standard InChI is InChI=1S/C22H31N5O3/c1-3-25-13-8-11-19(25)16-26(14-12-21(28)30-4-2)22(29)20-17-27(24-23-20)15-18-9-6-5-7-10-18/h5-7,9-10,17,19H,3-4,8,11-16H2,1-2H3. The minimum absolute atomic E-state index is 0.177. The van der Waals surface area contributed by atoms with Gasteiger partial charge in [0.2, 0.25) is 0 Å². The quantitative estimate of drug-likeness (QED) is 0.556. The molecule has 1 aliphatic rings. The number of carbonyl (C=O) groups is 2. The highest BCUT2D eigenvalue weighted by atomic mass is 16.5. The molecule has 1 aromatic heterocycles. The lowest BCUT2D eigenvalue weighted by Gasteiger charge is -2.29. The van der Waals surface area contributed by atoms with E-state index in [1.54, 1.807) is 22.7 Å². The SMILES string of the molecule is CCOC(=O)CCN(CC1CCCN1CC)C(=O)c1cn(Cc2ccccc2)nn1. The van der Waals surface area contributed by atoms with Crippen molar-refractivity contribution in [1.29, 1.82) is 0 Å². The Hall–Kier alpha value is -2.74. The predicted octanol–water partition coefficient (Wildman–Crippen LogP) is 2.21. The number of amides is 1. The van der Waals surface area contributed by atoms with Crippen LogP contribution in [0.2, 0.25) is 0 Å². The maximum absolute atomic E-state index is 13.2. The van der Waals surface area contributed by atoms with Crippen LogP contribution in [0.5, 0.6) is 0 Å². The van der Waals surface area contributed by atoms with Crippen molar-refractivity contribution >= 4 is 11.9 Å². The maximum Gasteiger partial charge on any atom is 0.307 e. The molecule has 0 radical (unpaired) electrons. The minimum Gasteiger partial charge on any atom is -0.466 e. The Morgan fingerprint density at radius 3 is 2.77 bits per heavy atom. The molecule has 1 saturated heterocycles. The lowest BCUT2D eigenvalue weighted by Crippen LogP contribution is -2.44. The highest BCUT2D eigenvalue weighted by Crippen LogP contribution is 2.19. The fourth-order valence-corrected chi connectivity index (χ4v) is 3.91. The third-order valence-corrected chi connectivity index (χ3v) is 5.46. The Morgan fingerprint density at radius 2 is 2.03 bits per heavy atom. The van der Waals surface area contributed by atoms with Crippen LogP contribution in [0.15, 0.2) is 36.5 Å². The van der Waals surface area contributed by atoms with E-state index in [0.29, 0.717) is 38.0 Å². The Kier molecular flexibility index (Phi) is 7.96. The van der Waals surface area contributed by atoms with Gasteiger partial charge in [-0.15, -0.1) is 5.10 Å². The van der Waals surface area contributed by atoms with Gasteiger partial charge in [0.25, 0.3) is 5.91 Å². The number of hydrogen-bond acceptors (Lipinski definition) is 6. The summed E-state index contributed by atoms with van der Waals surface area (Å²) in [6, 6.07) is 10.2. The van der Waals surface area contributed by atoms with Gasteiger partial charge >= 0.3 is 5.97 Å². The minimum atomic E-state index is -0.290. The summed E-state index contributed by atoms with van der Waals surface area (Å²) in [7, 11) is 0. The molecule has 8 nitrogen and oxygen atoms in total. The van der Waals surface area contributed by atoms with Crippen LogP contribution >= 0.6 is 0 Å². The summed E-state index contributed by atoms with van der Waals surface area (Å²) in [4.78, 5) is 29.2. The first-order valence-corrected chi connectivity index (χ1v) is 10.7. The molecule has 162 valence electrons. The maximum atomic E-state index is 13.2. The van der Waals surface area contributed by atoms with Gasteiger partial charge in [-0.25, -0.2) is 4.68 Å². The topological polar surface area (TPSA) is 80.6 Å². The summed E-state index contributed by atoms with van der Waals surface area (Å²) >= 11 is 0. The number of likely N-dealkylation sites (N-methyl/N-ethyl adjacent to an activating group) is 1. The summed E-state index contributed by atoms with van der Waals surface area (Å²) in [5, 5.41) is 8.22. The molecule has 1 amide bonds. The van der Waals surface area contributed by atoms with Gasteiger partial charge in [-0.05, 0) is 38.4 Å². The van der Waals surface area contributed by atoms with Gasteiger partial charge in [0.05, 0.1) is 25.8 Å². The molecule has 3 rings (SSSR count). The first-order valence-electron chi connectivity index (χ1n) is 10.7. The molecule has 2 aromatic rings. The number of carbonyl (C=O) groups excluding carboxylic acids is 2. The zero-order valence-corrected chi connectivity index (χ0v) is 17.9. The molecule has 30 heavy (non-hydrogen) atoms. The second kappa shape index (κ2) is 10.9. The molecule has 0 N–H and O–H groups in total. The summed E-state index contributed by atoms with van der Waals surface area (Å²) in [6.45, 7) is 7.71. The second-order valence-corrected chi connectivity index (χ2v) is 7.52. The molecule has 1 unspecified atom stereocenters. The van der Waals surface area contributed by atoms with Crippen LogP contribution < -0.4 is 0 Å². The first kappa shape index (κ1) is 22.0. The van der Waals surface area contributed by atoms with Crippen LogP contribution in [-0.2, 0) is 16.1 Å². The van der Waals surface area contributed by atoms with Crippen molar-refractivity contribution in [2.75, 3.05) is 32.8 Å². The zero-order chi connectivity index (χ0) is 21.3. The Balaban J connectivity index is 1.69. The summed E-state index contributed by atoms with van der Waals surface area (Å²) in [5.74, 6) is -0.483. The molecule has 0 saturated carbocycles. The van der Waals surface area contributed by atoms with Gasteiger partial charge in [-0.2, -0.15) is 0 Å². The van der Waals surface area contributed by atoms with Gasteiger partial charge in [-0.3, -0.25) is 14.5 Å². The van der Waals surface area contributed by atoms with E-state index >= 15 is 0 Å². The molecule has 0 spiro atoms. The Morgan fingerprint density at radius 1 is 1.23 bits per heavy atom. The number of nitrogens with zero attached hydrogens (tertiary/aromatic N) is 5. The molecule has 2 heterocycles. The molecule has 8 heteroatoms. The number of aromatic nitrogens is 3. The lowest BCUT2D eigenvalue weighted by molar-refractivity contribution is -0.143. The van der Waals surface area contributed by atoms with Crippen LogP contribution in [-0.4, -0.2) is 75.5 Å². The highest BCUT2D eigenvalue weighted by molar-refractivity contribution is 5.92. The largest absolute Gasteiger partial charge is 0.466 e. The molecule has 0 aliphatic carbocycles. The van der Waals surface area contributed by atoms with Crippen molar-refractivity contribution in [3.05, 3.63) is 47.8 Å². The van der Waals surface area contributed by atoms with E-state index in [-0.39, 0.29) is 18.3 Å². The average Bonchev–Trinajstić information content (AvgIpc) is 3.40. The number of esters is 1. The van der Waals surface area contributed by atoms with Crippen LogP contribution in [0.1, 0.15) is 49.2 Å². The van der Waals surface area contributed by atoms with Crippen molar-refractivity contribution < 1.29 is 14.3 Å². The Bertz CT molecular complexity index is 823. The van der Waals surface area contributed by atoms with Crippen LogP contribution in [0.3, 0.4) is 0 Å². The number of benzene rings is 1. The summed E-state index contributed by atoms with van der Waals surface area (Å²) in [5.41, 5.74) is 1.39. The smallest absolute Gasteiger partial charge is 0.307 e. The molecular formula is C22H31N5O3. The third kappa shape index (κ3) is 5.89. The number of ether oxygens (including phenoxy) is 1. The van der Waals surface area contributed by atoms with Gasteiger partial charge in [0, 0.05) is 19.1 Å². The average molecular weight is 414 g/mol. The van der Waals surface area contributed by atoms with Crippen molar-refractivity contribution in [3.8, 4) is 0 Å². The summed E-state index contributed by atoms with van der Waals surface area (Å²) in [6.07, 6.45) is 4.04. The molecule has 1 fully saturated rings. The number of hydrogen-bond donors (Lipinski definition) is 0.